The SMILES string of the molecule is CN(C)Cc1ccc(-c2nc3c(s2)CNCC3)s1. The van der Waals surface area contributed by atoms with E-state index >= 15 is 0 Å². The third-order valence-corrected chi connectivity index (χ3v) is 5.28. The van der Waals surface area contributed by atoms with Crippen LogP contribution < -0.4 is 5.32 Å². The van der Waals surface area contributed by atoms with Crippen molar-refractivity contribution in [3.63, 3.8) is 0 Å². The second-order valence-electron chi connectivity index (χ2n) is 4.82. The lowest BCUT2D eigenvalue weighted by molar-refractivity contribution is 0.406. The normalized spacial score (nSPS) is 15.1. The molecule has 1 aliphatic heterocycles. The molecule has 0 spiro atoms. The van der Waals surface area contributed by atoms with Gasteiger partial charge in [-0.15, -0.1) is 22.7 Å². The molecule has 3 rings (SSSR count). The summed E-state index contributed by atoms with van der Waals surface area (Å²) < 4.78 is 0. The van der Waals surface area contributed by atoms with Gasteiger partial charge < -0.3 is 10.2 Å². The minimum absolute atomic E-state index is 0.989. The smallest absolute Gasteiger partial charge is 0.133 e. The lowest BCUT2D eigenvalue weighted by atomic mass is 10.2. The molecule has 1 N–H and O–H groups in total. The standard InChI is InChI=1S/C13H17N3S2/c1-16(2)8-9-3-4-11(17-9)13-15-10-5-6-14-7-12(10)18-13/h3-4,14H,5-8H2,1-2H3. The Bertz CT molecular complexity index is 519. The zero-order valence-corrected chi connectivity index (χ0v) is 12.3. The maximum Gasteiger partial charge on any atom is 0.133 e. The summed E-state index contributed by atoms with van der Waals surface area (Å²) in [5, 5.41) is 4.60. The highest BCUT2D eigenvalue weighted by Crippen LogP contribution is 2.34. The molecule has 2 aromatic rings. The van der Waals surface area contributed by atoms with E-state index in [4.69, 9.17) is 4.98 Å². The van der Waals surface area contributed by atoms with Crippen LogP contribution in [0, 0.1) is 0 Å². The van der Waals surface area contributed by atoms with E-state index in [0.29, 0.717) is 0 Å². The van der Waals surface area contributed by atoms with Crippen molar-refractivity contribution >= 4 is 22.7 Å². The molecule has 96 valence electrons. The van der Waals surface area contributed by atoms with E-state index in [1.54, 1.807) is 0 Å². The van der Waals surface area contributed by atoms with E-state index in [1.165, 1.54) is 25.3 Å². The number of hydrogen-bond acceptors (Lipinski definition) is 5. The Balaban J connectivity index is 1.85. The van der Waals surface area contributed by atoms with Gasteiger partial charge in [-0.25, -0.2) is 4.98 Å². The fourth-order valence-corrected chi connectivity index (χ4v) is 4.38. The third kappa shape index (κ3) is 2.49. The molecule has 5 heteroatoms. The van der Waals surface area contributed by atoms with Gasteiger partial charge in [-0.1, -0.05) is 0 Å². The molecular formula is C13H17N3S2. The summed E-state index contributed by atoms with van der Waals surface area (Å²) in [4.78, 5) is 11.1. The van der Waals surface area contributed by atoms with Gasteiger partial charge in [-0.2, -0.15) is 0 Å². The maximum atomic E-state index is 4.79. The van der Waals surface area contributed by atoms with Crippen LogP contribution >= 0.6 is 22.7 Å². The van der Waals surface area contributed by atoms with Gasteiger partial charge in [0.05, 0.1) is 10.6 Å². The van der Waals surface area contributed by atoms with E-state index in [9.17, 15) is 0 Å². The van der Waals surface area contributed by atoms with Crippen LogP contribution in [0.3, 0.4) is 0 Å². The van der Waals surface area contributed by atoms with Crippen molar-refractivity contribution in [1.29, 1.82) is 0 Å². The number of aromatic nitrogens is 1. The average Bonchev–Trinajstić information content (AvgIpc) is 2.93. The Morgan fingerprint density at radius 3 is 3.00 bits per heavy atom. The Hall–Kier alpha value is -0.750. The van der Waals surface area contributed by atoms with Crippen molar-refractivity contribution in [2.24, 2.45) is 0 Å². The van der Waals surface area contributed by atoms with Crippen LogP contribution in [0.2, 0.25) is 0 Å². The highest BCUT2D eigenvalue weighted by Gasteiger charge is 2.16. The number of nitrogens with zero attached hydrogens (tertiary/aromatic N) is 2. The minimum atomic E-state index is 0.989. The first-order valence-electron chi connectivity index (χ1n) is 6.15. The van der Waals surface area contributed by atoms with E-state index < -0.39 is 0 Å². The largest absolute Gasteiger partial charge is 0.311 e. The molecule has 0 unspecified atom stereocenters. The predicted octanol–water partition coefficient (Wildman–Crippen LogP) is 2.58. The summed E-state index contributed by atoms with van der Waals surface area (Å²) in [6, 6.07) is 4.43. The molecule has 2 aromatic heterocycles. The van der Waals surface area contributed by atoms with Crippen LogP contribution in [0.4, 0.5) is 0 Å². The van der Waals surface area contributed by atoms with Gasteiger partial charge in [0.1, 0.15) is 5.01 Å². The van der Waals surface area contributed by atoms with Gasteiger partial charge in [0, 0.05) is 35.8 Å². The quantitative estimate of drug-likeness (QED) is 0.936. The first kappa shape index (κ1) is 12.3. The molecule has 0 atom stereocenters. The molecule has 0 aromatic carbocycles. The molecule has 18 heavy (non-hydrogen) atoms. The molecule has 0 fully saturated rings. The van der Waals surface area contributed by atoms with Gasteiger partial charge in [0.25, 0.3) is 0 Å². The summed E-state index contributed by atoms with van der Waals surface area (Å²) in [5.41, 5.74) is 1.30. The number of rotatable bonds is 3. The molecule has 0 aliphatic carbocycles. The fraction of sp³-hybridized carbons (Fsp3) is 0.462. The third-order valence-electron chi connectivity index (χ3n) is 2.95. The van der Waals surface area contributed by atoms with Crippen LogP contribution in [0.15, 0.2) is 12.1 Å². The first-order valence-corrected chi connectivity index (χ1v) is 7.79. The van der Waals surface area contributed by atoms with Crippen LogP contribution in [-0.4, -0.2) is 30.5 Å². The highest BCUT2D eigenvalue weighted by atomic mass is 32.1. The molecule has 1 aliphatic rings. The summed E-state index contributed by atoms with van der Waals surface area (Å²) in [6.45, 7) is 3.06. The topological polar surface area (TPSA) is 28.2 Å². The summed E-state index contributed by atoms with van der Waals surface area (Å²) in [5.74, 6) is 0. The molecule has 0 saturated carbocycles. The molecular weight excluding hydrogens is 262 g/mol. The minimum Gasteiger partial charge on any atom is -0.311 e. The zero-order valence-electron chi connectivity index (χ0n) is 10.7. The molecule has 3 heterocycles. The van der Waals surface area contributed by atoms with Crippen LogP contribution in [0.1, 0.15) is 15.4 Å². The highest BCUT2D eigenvalue weighted by molar-refractivity contribution is 7.21. The second-order valence-corrected chi connectivity index (χ2v) is 7.07. The van der Waals surface area contributed by atoms with Crippen molar-refractivity contribution in [1.82, 2.24) is 15.2 Å². The van der Waals surface area contributed by atoms with Crippen molar-refractivity contribution in [3.8, 4) is 9.88 Å². The van der Waals surface area contributed by atoms with Crippen LogP contribution in [0.5, 0.6) is 0 Å². The van der Waals surface area contributed by atoms with Gasteiger partial charge >= 0.3 is 0 Å². The lowest BCUT2D eigenvalue weighted by Gasteiger charge is -2.09. The fourth-order valence-electron chi connectivity index (χ4n) is 2.12. The number of hydrogen-bond donors (Lipinski definition) is 1. The monoisotopic (exact) mass is 279 g/mol. The van der Waals surface area contributed by atoms with Crippen molar-refractivity contribution in [3.05, 3.63) is 27.6 Å². The maximum absolute atomic E-state index is 4.79. The number of fused-ring (bicyclic) bond motifs is 1. The van der Waals surface area contributed by atoms with Crippen LogP contribution in [-0.2, 0) is 19.5 Å². The van der Waals surface area contributed by atoms with Crippen LogP contribution in [0.25, 0.3) is 9.88 Å². The van der Waals surface area contributed by atoms with Crippen molar-refractivity contribution in [2.75, 3.05) is 20.6 Å². The lowest BCUT2D eigenvalue weighted by Crippen LogP contribution is -2.22. The predicted molar refractivity (Wildman–Crippen MR) is 78.2 cm³/mol. The Labute approximate surface area is 115 Å². The number of thiophene rings is 1. The van der Waals surface area contributed by atoms with Gasteiger partial charge in [0.15, 0.2) is 0 Å². The molecule has 3 nitrogen and oxygen atoms in total. The van der Waals surface area contributed by atoms with Gasteiger partial charge in [0.2, 0.25) is 0 Å². The van der Waals surface area contributed by atoms with E-state index in [1.807, 2.05) is 22.7 Å². The van der Waals surface area contributed by atoms with Gasteiger partial charge in [-0.3, -0.25) is 0 Å². The summed E-state index contributed by atoms with van der Waals surface area (Å²) in [6.07, 6.45) is 1.07. The van der Waals surface area contributed by atoms with E-state index in [-0.39, 0.29) is 0 Å². The number of nitrogens with one attached hydrogen (secondary N) is 1. The Kier molecular flexibility index (Phi) is 3.48. The zero-order chi connectivity index (χ0) is 12.5. The van der Waals surface area contributed by atoms with Crippen molar-refractivity contribution in [2.45, 2.75) is 19.5 Å². The van der Waals surface area contributed by atoms with E-state index in [0.717, 1.165) is 26.1 Å². The number of thiazole rings is 1. The molecule has 0 radical (unpaired) electrons. The second kappa shape index (κ2) is 5.09. The molecule has 0 bridgehead atoms. The molecule has 0 saturated heterocycles. The Morgan fingerprint density at radius 2 is 2.22 bits per heavy atom. The average molecular weight is 279 g/mol. The summed E-state index contributed by atoms with van der Waals surface area (Å²) in [7, 11) is 4.21. The van der Waals surface area contributed by atoms with Crippen molar-refractivity contribution < 1.29 is 0 Å². The summed E-state index contributed by atoms with van der Waals surface area (Å²) >= 11 is 3.71. The van der Waals surface area contributed by atoms with Gasteiger partial charge in [-0.05, 0) is 26.2 Å². The first-order chi connectivity index (χ1) is 8.72. The van der Waals surface area contributed by atoms with E-state index in [2.05, 4.69) is 36.4 Å². The molecule has 0 amide bonds. The Morgan fingerprint density at radius 1 is 1.33 bits per heavy atom.